The molecule has 8 heteroatoms. The zero-order valence-corrected chi connectivity index (χ0v) is 12.1. The van der Waals surface area contributed by atoms with Crippen molar-refractivity contribution in [2.24, 2.45) is 22.0 Å². The fourth-order valence-electron chi connectivity index (χ4n) is 2.75. The number of nitroso groups, excluding NO2 is 1. The number of hydrogen-bond donors (Lipinski definition) is 0. The van der Waals surface area contributed by atoms with Crippen LogP contribution in [0.4, 0.5) is 0 Å². The molecule has 0 unspecified atom stereocenters. The number of nitrogens with zero attached hydrogens (tertiary/aromatic N) is 7. The minimum Gasteiger partial charge on any atom is -0.208 e. The average molecular weight is 285 g/mol. The third-order valence-corrected chi connectivity index (χ3v) is 4.11. The molecule has 0 heterocycles. The standard InChI is InChI=1S/C13H15N7O/c1-10-4-11(20(18-21)19(2)3)13(8-16,9-17)5-12(10,6-14)7-15/h10-11H,4-5H2,1-3H3/t10-,11-/m0/s1. The number of rotatable bonds is 3. The third kappa shape index (κ3) is 2.38. The van der Waals surface area contributed by atoms with Gasteiger partial charge in [0.1, 0.15) is 11.5 Å². The molecule has 1 aliphatic rings. The lowest BCUT2D eigenvalue weighted by atomic mass is 9.57. The second-order valence-electron chi connectivity index (χ2n) is 5.47. The van der Waals surface area contributed by atoms with Gasteiger partial charge in [0, 0.05) is 20.5 Å². The Morgan fingerprint density at radius 1 is 1.05 bits per heavy atom. The normalized spacial score (nSPS) is 25.7. The van der Waals surface area contributed by atoms with Crippen LogP contribution in [0.1, 0.15) is 19.8 Å². The summed E-state index contributed by atoms with van der Waals surface area (Å²) < 4.78 is 0. The molecule has 0 aromatic heterocycles. The molecule has 0 aliphatic heterocycles. The molecular weight excluding hydrogens is 270 g/mol. The van der Waals surface area contributed by atoms with E-state index < -0.39 is 22.8 Å². The largest absolute Gasteiger partial charge is 0.208 e. The summed E-state index contributed by atoms with van der Waals surface area (Å²) in [5.41, 5.74) is -3.06. The summed E-state index contributed by atoms with van der Waals surface area (Å²) in [7, 11) is 3.14. The van der Waals surface area contributed by atoms with Crippen molar-refractivity contribution in [2.75, 3.05) is 14.1 Å². The van der Waals surface area contributed by atoms with Crippen molar-refractivity contribution in [3.63, 3.8) is 0 Å². The highest BCUT2D eigenvalue weighted by Crippen LogP contribution is 2.50. The van der Waals surface area contributed by atoms with E-state index in [1.165, 1.54) is 5.01 Å². The molecule has 8 nitrogen and oxygen atoms in total. The second kappa shape index (κ2) is 5.75. The van der Waals surface area contributed by atoms with Gasteiger partial charge in [-0.3, -0.25) is 0 Å². The fraction of sp³-hybridized carbons (Fsp3) is 0.692. The summed E-state index contributed by atoms with van der Waals surface area (Å²) in [6.07, 6.45) is -0.0577. The Morgan fingerprint density at radius 3 is 1.86 bits per heavy atom. The molecule has 0 spiro atoms. The van der Waals surface area contributed by atoms with Crippen LogP contribution in [0.15, 0.2) is 5.29 Å². The van der Waals surface area contributed by atoms with Crippen molar-refractivity contribution in [1.82, 2.24) is 10.1 Å². The van der Waals surface area contributed by atoms with Gasteiger partial charge in [-0.1, -0.05) is 6.92 Å². The monoisotopic (exact) mass is 285 g/mol. The fourth-order valence-corrected chi connectivity index (χ4v) is 2.75. The zero-order chi connectivity index (χ0) is 16.3. The summed E-state index contributed by atoms with van der Waals surface area (Å²) in [4.78, 5) is 11.1. The first-order valence-corrected chi connectivity index (χ1v) is 6.31. The molecule has 1 rings (SSSR count). The quantitative estimate of drug-likeness (QED) is 0.564. The SMILES string of the molecule is C[C@H]1C[C@H](N(N=O)N(C)C)C(C#N)(C#N)CC1(C#N)C#N. The summed E-state index contributed by atoms with van der Waals surface area (Å²) in [5.74, 6) is -0.392. The lowest BCUT2D eigenvalue weighted by molar-refractivity contribution is -0.0802. The van der Waals surface area contributed by atoms with Crippen molar-refractivity contribution < 1.29 is 0 Å². The highest BCUT2D eigenvalue weighted by atomic mass is 16.3. The first-order chi connectivity index (χ1) is 9.86. The van der Waals surface area contributed by atoms with Gasteiger partial charge < -0.3 is 0 Å². The number of nitriles is 4. The van der Waals surface area contributed by atoms with Gasteiger partial charge in [0.05, 0.1) is 29.6 Å². The molecule has 0 aromatic carbocycles. The van der Waals surface area contributed by atoms with E-state index in [2.05, 4.69) is 5.29 Å². The summed E-state index contributed by atoms with van der Waals surface area (Å²) in [6, 6.07) is 6.88. The molecule has 2 atom stereocenters. The molecule has 1 fully saturated rings. The predicted molar refractivity (Wildman–Crippen MR) is 70.8 cm³/mol. The van der Waals surface area contributed by atoms with Gasteiger partial charge in [0.15, 0.2) is 5.41 Å². The topological polar surface area (TPSA) is 131 Å². The van der Waals surface area contributed by atoms with Crippen LogP contribution in [-0.2, 0) is 0 Å². The van der Waals surface area contributed by atoms with E-state index in [0.29, 0.717) is 0 Å². The Balaban J connectivity index is 3.41. The maximum atomic E-state index is 11.1. The zero-order valence-electron chi connectivity index (χ0n) is 12.1. The van der Waals surface area contributed by atoms with Crippen LogP contribution in [0.5, 0.6) is 0 Å². The summed E-state index contributed by atoms with van der Waals surface area (Å²) >= 11 is 0. The lowest BCUT2D eigenvalue weighted by Crippen LogP contribution is -2.56. The minimum atomic E-state index is -1.64. The Bertz CT molecular complexity index is 558. The summed E-state index contributed by atoms with van der Waals surface area (Å²) in [6.45, 7) is 1.71. The second-order valence-corrected chi connectivity index (χ2v) is 5.47. The van der Waals surface area contributed by atoms with Gasteiger partial charge in [-0.15, -0.1) is 4.91 Å². The average Bonchev–Trinajstić information content (AvgIpc) is 2.49. The molecule has 0 amide bonds. The lowest BCUT2D eigenvalue weighted by Gasteiger charge is -2.46. The van der Waals surface area contributed by atoms with Crippen LogP contribution in [0, 0.1) is 67.0 Å². The van der Waals surface area contributed by atoms with Crippen molar-refractivity contribution in [1.29, 1.82) is 21.0 Å². The Morgan fingerprint density at radius 2 is 1.52 bits per heavy atom. The van der Waals surface area contributed by atoms with Crippen LogP contribution < -0.4 is 0 Å². The molecule has 21 heavy (non-hydrogen) atoms. The molecule has 0 aromatic rings. The van der Waals surface area contributed by atoms with E-state index in [9.17, 15) is 26.0 Å². The van der Waals surface area contributed by atoms with E-state index in [1.807, 2.05) is 24.3 Å². The van der Waals surface area contributed by atoms with Gasteiger partial charge in [0.25, 0.3) is 0 Å². The first kappa shape index (κ1) is 16.4. The Labute approximate surface area is 123 Å². The highest BCUT2D eigenvalue weighted by molar-refractivity contribution is 5.30. The third-order valence-electron chi connectivity index (χ3n) is 4.11. The van der Waals surface area contributed by atoms with Crippen LogP contribution in [-0.4, -0.2) is 30.3 Å². The molecule has 1 aliphatic carbocycles. The van der Waals surface area contributed by atoms with Gasteiger partial charge in [0.2, 0.25) is 0 Å². The van der Waals surface area contributed by atoms with E-state index in [4.69, 9.17) is 0 Å². The molecule has 1 saturated carbocycles. The molecular formula is C13H15N7O. The van der Waals surface area contributed by atoms with Crippen molar-refractivity contribution in [2.45, 2.75) is 25.8 Å². The maximum Gasteiger partial charge on any atom is 0.169 e. The predicted octanol–water partition coefficient (Wildman–Crippen LogP) is 1.31. The van der Waals surface area contributed by atoms with Crippen LogP contribution in [0.25, 0.3) is 0 Å². The van der Waals surface area contributed by atoms with Crippen LogP contribution in [0.2, 0.25) is 0 Å². The molecule has 0 radical (unpaired) electrons. The molecule has 0 N–H and O–H groups in total. The van der Waals surface area contributed by atoms with E-state index >= 15 is 0 Å². The van der Waals surface area contributed by atoms with Gasteiger partial charge in [-0.05, 0) is 12.3 Å². The van der Waals surface area contributed by atoms with Gasteiger partial charge in [-0.25, -0.2) is 5.01 Å². The smallest absolute Gasteiger partial charge is 0.169 e. The van der Waals surface area contributed by atoms with Crippen molar-refractivity contribution in [3.05, 3.63) is 4.91 Å². The van der Waals surface area contributed by atoms with Gasteiger partial charge >= 0.3 is 0 Å². The van der Waals surface area contributed by atoms with Crippen molar-refractivity contribution >= 4 is 0 Å². The van der Waals surface area contributed by atoms with E-state index in [-0.39, 0.29) is 12.8 Å². The van der Waals surface area contributed by atoms with Crippen LogP contribution >= 0.6 is 0 Å². The summed E-state index contributed by atoms with van der Waals surface area (Å²) in [5, 5.41) is 42.9. The molecule has 0 saturated heterocycles. The van der Waals surface area contributed by atoms with Crippen molar-refractivity contribution in [3.8, 4) is 24.3 Å². The van der Waals surface area contributed by atoms with E-state index in [0.717, 1.165) is 5.12 Å². The Kier molecular flexibility index (Phi) is 4.48. The van der Waals surface area contributed by atoms with E-state index in [1.54, 1.807) is 21.0 Å². The molecule has 0 bridgehead atoms. The number of hydrazine groups is 1. The molecule has 108 valence electrons. The van der Waals surface area contributed by atoms with Crippen LogP contribution in [0.3, 0.4) is 0 Å². The maximum absolute atomic E-state index is 11.1. The minimum absolute atomic E-state index is 0.173. The Hall–Kier alpha value is -2.68. The first-order valence-electron chi connectivity index (χ1n) is 6.31. The highest BCUT2D eigenvalue weighted by Gasteiger charge is 2.58. The number of hydrogen-bond acceptors (Lipinski definition) is 7. The van der Waals surface area contributed by atoms with Gasteiger partial charge in [-0.2, -0.15) is 26.2 Å².